The molecule has 3 heteroatoms. The second-order valence-electron chi connectivity index (χ2n) is 4.30. The molecule has 1 atom stereocenters. The molecule has 0 spiro atoms. The Labute approximate surface area is 80.2 Å². The van der Waals surface area contributed by atoms with Gasteiger partial charge in [-0.1, -0.05) is 0 Å². The zero-order valence-corrected chi connectivity index (χ0v) is 8.42. The van der Waals surface area contributed by atoms with E-state index < -0.39 is 0 Å². The van der Waals surface area contributed by atoms with E-state index in [1.165, 1.54) is 25.8 Å². The lowest BCUT2D eigenvalue weighted by Crippen LogP contribution is -2.46. The van der Waals surface area contributed by atoms with Crippen molar-refractivity contribution >= 4 is 5.84 Å². The number of rotatable bonds is 1. The van der Waals surface area contributed by atoms with Gasteiger partial charge in [-0.15, -0.1) is 0 Å². The van der Waals surface area contributed by atoms with E-state index in [-0.39, 0.29) is 0 Å². The Morgan fingerprint density at radius 3 is 2.77 bits per heavy atom. The molecule has 0 aromatic heterocycles. The van der Waals surface area contributed by atoms with E-state index >= 15 is 0 Å². The Bertz CT molecular complexity index is 202. The van der Waals surface area contributed by atoms with Crippen molar-refractivity contribution < 1.29 is 0 Å². The van der Waals surface area contributed by atoms with Crippen LogP contribution in [0.15, 0.2) is 0 Å². The first-order valence-electron chi connectivity index (χ1n) is 5.30. The van der Waals surface area contributed by atoms with Crippen molar-refractivity contribution in [3.63, 3.8) is 0 Å². The molecule has 13 heavy (non-hydrogen) atoms. The van der Waals surface area contributed by atoms with Crippen molar-refractivity contribution in [3.8, 4) is 0 Å². The predicted octanol–water partition coefficient (Wildman–Crippen LogP) is 1.15. The first kappa shape index (κ1) is 9.00. The molecule has 0 saturated carbocycles. The lowest BCUT2D eigenvalue weighted by atomic mass is 10.1. The van der Waals surface area contributed by atoms with E-state index in [1.807, 2.05) is 0 Å². The minimum Gasteiger partial charge on any atom is -0.356 e. The van der Waals surface area contributed by atoms with Gasteiger partial charge in [0.2, 0.25) is 0 Å². The van der Waals surface area contributed by atoms with E-state index in [0.717, 1.165) is 25.3 Å². The van der Waals surface area contributed by atoms with Gasteiger partial charge in [0, 0.05) is 25.6 Å². The first-order valence-corrected chi connectivity index (χ1v) is 5.30. The molecule has 2 rings (SSSR count). The minimum atomic E-state index is 0.633. The number of hydrogen-bond acceptors (Lipinski definition) is 2. The highest BCUT2D eigenvalue weighted by atomic mass is 15.3. The van der Waals surface area contributed by atoms with Crippen LogP contribution in [-0.2, 0) is 0 Å². The van der Waals surface area contributed by atoms with Gasteiger partial charge in [-0.05, 0) is 32.9 Å². The lowest BCUT2D eigenvalue weighted by molar-refractivity contribution is 0.172. The van der Waals surface area contributed by atoms with Crippen molar-refractivity contribution in [3.05, 3.63) is 0 Å². The quantitative estimate of drug-likeness (QED) is 0.658. The highest BCUT2D eigenvalue weighted by Crippen LogP contribution is 2.20. The zero-order valence-electron chi connectivity index (χ0n) is 8.42. The van der Waals surface area contributed by atoms with E-state index in [2.05, 4.69) is 16.8 Å². The van der Waals surface area contributed by atoms with Crippen LogP contribution in [0.3, 0.4) is 0 Å². The van der Waals surface area contributed by atoms with Crippen molar-refractivity contribution in [1.29, 1.82) is 5.41 Å². The normalized spacial score (nSPS) is 31.3. The number of piperidine rings is 1. The summed E-state index contributed by atoms with van der Waals surface area (Å²) in [6.07, 6.45) is 4.77. The van der Waals surface area contributed by atoms with E-state index in [4.69, 9.17) is 5.41 Å². The third-order valence-corrected chi connectivity index (χ3v) is 3.20. The summed E-state index contributed by atoms with van der Waals surface area (Å²) in [7, 11) is 2.19. The van der Waals surface area contributed by atoms with Gasteiger partial charge in [-0.25, -0.2) is 0 Å². The van der Waals surface area contributed by atoms with E-state index in [0.29, 0.717) is 6.04 Å². The van der Waals surface area contributed by atoms with Crippen LogP contribution < -0.4 is 0 Å². The molecule has 74 valence electrons. The summed E-state index contributed by atoms with van der Waals surface area (Å²) in [6, 6.07) is 0.633. The fourth-order valence-electron chi connectivity index (χ4n) is 2.49. The number of nitrogens with one attached hydrogen (secondary N) is 1. The molecule has 0 radical (unpaired) electrons. The molecule has 1 N–H and O–H groups in total. The summed E-state index contributed by atoms with van der Waals surface area (Å²) in [5.74, 6) is 0.875. The second-order valence-corrected chi connectivity index (χ2v) is 4.30. The molecule has 3 nitrogen and oxygen atoms in total. The molecular formula is C10H19N3. The summed E-state index contributed by atoms with van der Waals surface area (Å²) in [5.41, 5.74) is 0. The van der Waals surface area contributed by atoms with Crippen LogP contribution in [0, 0.1) is 5.41 Å². The van der Waals surface area contributed by atoms with Crippen molar-refractivity contribution in [2.24, 2.45) is 0 Å². The third kappa shape index (κ3) is 1.85. The average molecular weight is 181 g/mol. The van der Waals surface area contributed by atoms with Gasteiger partial charge < -0.3 is 9.80 Å². The van der Waals surface area contributed by atoms with Gasteiger partial charge in [0.05, 0.1) is 5.84 Å². The van der Waals surface area contributed by atoms with E-state index in [9.17, 15) is 0 Å². The maximum Gasteiger partial charge on any atom is 0.0961 e. The van der Waals surface area contributed by atoms with Gasteiger partial charge in [0.15, 0.2) is 0 Å². The van der Waals surface area contributed by atoms with Crippen molar-refractivity contribution in [2.45, 2.75) is 31.7 Å². The summed E-state index contributed by atoms with van der Waals surface area (Å²) < 4.78 is 0. The zero-order chi connectivity index (χ0) is 9.26. The van der Waals surface area contributed by atoms with E-state index in [1.54, 1.807) is 0 Å². The minimum absolute atomic E-state index is 0.633. The molecular weight excluding hydrogens is 162 g/mol. The third-order valence-electron chi connectivity index (χ3n) is 3.20. The fourth-order valence-corrected chi connectivity index (χ4v) is 2.49. The van der Waals surface area contributed by atoms with Gasteiger partial charge in [0.1, 0.15) is 0 Å². The van der Waals surface area contributed by atoms with Crippen LogP contribution in [0.2, 0.25) is 0 Å². The fraction of sp³-hybridized carbons (Fsp3) is 0.900. The van der Waals surface area contributed by atoms with Crippen LogP contribution in [-0.4, -0.2) is 48.4 Å². The highest BCUT2D eigenvalue weighted by molar-refractivity contribution is 5.81. The Hall–Kier alpha value is -0.570. The number of likely N-dealkylation sites (tertiary alicyclic amines) is 2. The summed E-state index contributed by atoms with van der Waals surface area (Å²) in [4.78, 5) is 4.70. The largest absolute Gasteiger partial charge is 0.356 e. The number of amidine groups is 1. The SMILES string of the molecule is CN1CCCC(N2CCCC2=N)C1. The topological polar surface area (TPSA) is 30.3 Å². The lowest BCUT2D eigenvalue weighted by Gasteiger charge is -2.36. The monoisotopic (exact) mass is 181 g/mol. The molecule has 2 aliphatic heterocycles. The molecule has 0 aromatic carbocycles. The Kier molecular flexibility index (Phi) is 2.54. The predicted molar refractivity (Wildman–Crippen MR) is 54.2 cm³/mol. The van der Waals surface area contributed by atoms with Gasteiger partial charge in [0.25, 0.3) is 0 Å². The standard InChI is InChI=1S/C10H19N3/c1-12-6-2-4-9(8-12)13-7-3-5-10(13)11/h9,11H,2-8H2,1H3. The van der Waals surface area contributed by atoms with Gasteiger partial charge >= 0.3 is 0 Å². The molecule has 0 aliphatic carbocycles. The molecule has 2 heterocycles. The summed E-state index contributed by atoms with van der Waals surface area (Å²) in [6.45, 7) is 3.51. The van der Waals surface area contributed by atoms with Crippen LogP contribution >= 0.6 is 0 Å². The maximum absolute atomic E-state index is 7.82. The first-order chi connectivity index (χ1) is 6.27. The molecule has 2 saturated heterocycles. The molecule has 0 bridgehead atoms. The Morgan fingerprint density at radius 1 is 1.31 bits per heavy atom. The highest BCUT2D eigenvalue weighted by Gasteiger charge is 2.27. The Balaban J connectivity index is 1.95. The van der Waals surface area contributed by atoms with Crippen LogP contribution in [0.4, 0.5) is 0 Å². The molecule has 0 aromatic rings. The second kappa shape index (κ2) is 3.66. The molecule has 1 unspecified atom stereocenters. The molecule has 2 fully saturated rings. The molecule has 2 aliphatic rings. The smallest absolute Gasteiger partial charge is 0.0961 e. The number of hydrogen-bond donors (Lipinski definition) is 1. The summed E-state index contributed by atoms with van der Waals surface area (Å²) >= 11 is 0. The van der Waals surface area contributed by atoms with Crippen LogP contribution in [0.25, 0.3) is 0 Å². The van der Waals surface area contributed by atoms with Crippen molar-refractivity contribution in [1.82, 2.24) is 9.80 Å². The van der Waals surface area contributed by atoms with Crippen LogP contribution in [0.5, 0.6) is 0 Å². The van der Waals surface area contributed by atoms with Gasteiger partial charge in [-0.3, -0.25) is 5.41 Å². The average Bonchev–Trinajstić information content (AvgIpc) is 2.51. The Morgan fingerprint density at radius 2 is 2.15 bits per heavy atom. The number of likely N-dealkylation sites (N-methyl/N-ethyl adjacent to an activating group) is 1. The van der Waals surface area contributed by atoms with Crippen molar-refractivity contribution in [2.75, 3.05) is 26.7 Å². The molecule has 0 amide bonds. The van der Waals surface area contributed by atoms with Gasteiger partial charge in [-0.2, -0.15) is 0 Å². The van der Waals surface area contributed by atoms with Crippen LogP contribution in [0.1, 0.15) is 25.7 Å². The summed E-state index contributed by atoms with van der Waals surface area (Å²) in [5, 5.41) is 7.82. The number of nitrogens with zero attached hydrogens (tertiary/aromatic N) is 2. The maximum atomic E-state index is 7.82.